The summed E-state index contributed by atoms with van der Waals surface area (Å²) >= 11 is 0. The van der Waals surface area contributed by atoms with Crippen LogP contribution in [0.3, 0.4) is 0 Å². The Hall–Kier alpha value is -1.42. The number of nitrogens with zero attached hydrogens (tertiary/aromatic N) is 1. The summed E-state index contributed by atoms with van der Waals surface area (Å²) in [6, 6.07) is 6.99. The molecule has 1 aromatic carbocycles. The topological polar surface area (TPSA) is 50.5 Å². The van der Waals surface area contributed by atoms with Gasteiger partial charge in [0, 0.05) is 12.1 Å². The van der Waals surface area contributed by atoms with Crippen LogP contribution in [0.4, 0.5) is 11.4 Å². The van der Waals surface area contributed by atoms with E-state index in [1.807, 2.05) is 18.2 Å². The summed E-state index contributed by atoms with van der Waals surface area (Å²) in [6.45, 7) is 7.31. The fourth-order valence-corrected chi connectivity index (χ4v) is 2.76. The largest absolute Gasteiger partial charge is 0.491 e. The molecule has 1 saturated heterocycles. The molecule has 0 saturated carbocycles. The van der Waals surface area contributed by atoms with Crippen LogP contribution in [0, 0.1) is 0 Å². The molecule has 0 aliphatic carbocycles. The van der Waals surface area contributed by atoms with Crippen molar-refractivity contribution in [2.24, 2.45) is 0 Å². The fourth-order valence-electron chi connectivity index (χ4n) is 2.76. The maximum Gasteiger partial charge on any atom is 0.144 e. The summed E-state index contributed by atoms with van der Waals surface area (Å²) in [6.07, 6.45) is 4.74. The molecule has 2 rings (SSSR count). The molecule has 0 radical (unpaired) electrons. The number of para-hydroxylation sites is 1. The first-order chi connectivity index (χ1) is 9.63. The van der Waals surface area contributed by atoms with Gasteiger partial charge in [0.05, 0.1) is 18.0 Å². The smallest absolute Gasteiger partial charge is 0.144 e. The Kier molecular flexibility index (Phi) is 5.12. The highest BCUT2D eigenvalue weighted by Gasteiger charge is 2.25. The lowest BCUT2D eigenvalue weighted by molar-refractivity contribution is 0.136. The summed E-state index contributed by atoms with van der Waals surface area (Å²) in [5.74, 6) is 0.772. The molecule has 1 heterocycles. The number of benzene rings is 1. The van der Waals surface area contributed by atoms with Crippen molar-refractivity contribution in [2.75, 3.05) is 17.8 Å². The van der Waals surface area contributed by atoms with Crippen molar-refractivity contribution in [2.45, 2.75) is 58.5 Å². The maximum atomic E-state index is 6.22. The van der Waals surface area contributed by atoms with Gasteiger partial charge in [0.1, 0.15) is 5.75 Å². The molecule has 0 aromatic heterocycles. The van der Waals surface area contributed by atoms with Gasteiger partial charge in [-0.1, -0.05) is 19.4 Å². The average Bonchev–Trinajstić information content (AvgIpc) is 2.43. The molecule has 4 heteroatoms. The summed E-state index contributed by atoms with van der Waals surface area (Å²) in [7, 11) is 0. The zero-order valence-electron chi connectivity index (χ0n) is 12.9. The molecule has 20 heavy (non-hydrogen) atoms. The zero-order chi connectivity index (χ0) is 14.5. The van der Waals surface area contributed by atoms with E-state index in [-0.39, 0.29) is 0 Å². The highest BCUT2D eigenvalue weighted by molar-refractivity contribution is 5.72. The molecule has 0 spiro atoms. The van der Waals surface area contributed by atoms with E-state index in [1.165, 1.54) is 19.3 Å². The van der Waals surface area contributed by atoms with Crippen molar-refractivity contribution in [1.82, 2.24) is 5.01 Å². The second-order valence-corrected chi connectivity index (χ2v) is 5.71. The Morgan fingerprint density at radius 1 is 1.30 bits per heavy atom. The van der Waals surface area contributed by atoms with E-state index in [9.17, 15) is 0 Å². The molecule has 4 nitrogen and oxygen atoms in total. The Bertz CT molecular complexity index is 426. The molecule has 0 amide bonds. The highest BCUT2D eigenvalue weighted by Crippen LogP contribution is 2.32. The monoisotopic (exact) mass is 277 g/mol. The van der Waals surface area contributed by atoms with Crippen LogP contribution >= 0.6 is 0 Å². The van der Waals surface area contributed by atoms with E-state index >= 15 is 0 Å². The summed E-state index contributed by atoms with van der Waals surface area (Å²) in [5, 5.41) is 2.32. The lowest BCUT2D eigenvalue weighted by Crippen LogP contribution is -2.47. The summed E-state index contributed by atoms with van der Waals surface area (Å²) in [5.41, 5.74) is 11.4. The van der Waals surface area contributed by atoms with Crippen LogP contribution in [0.1, 0.15) is 46.5 Å². The second kappa shape index (κ2) is 6.84. The van der Waals surface area contributed by atoms with Crippen molar-refractivity contribution in [3.05, 3.63) is 18.2 Å². The van der Waals surface area contributed by atoms with Gasteiger partial charge in [-0.25, -0.2) is 5.01 Å². The number of nitrogens with two attached hydrogens (primary N) is 1. The van der Waals surface area contributed by atoms with Crippen molar-refractivity contribution in [3.63, 3.8) is 0 Å². The van der Waals surface area contributed by atoms with Crippen LogP contribution in [-0.4, -0.2) is 23.7 Å². The van der Waals surface area contributed by atoms with E-state index in [4.69, 9.17) is 10.5 Å². The second-order valence-electron chi connectivity index (χ2n) is 5.71. The van der Waals surface area contributed by atoms with E-state index in [1.54, 1.807) is 0 Å². The number of hydrazine groups is 1. The van der Waals surface area contributed by atoms with E-state index in [0.717, 1.165) is 17.9 Å². The van der Waals surface area contributed by atoms with Crippen LogP contribution in [0.15, 0.2) is 18.2 Å². The molecule has 0 bridgehead atoms. The lowest BCUT2D eigenvalue weighted by atomic mass is 10.00. The van der Waals surface area contributed by atoms with Crippen molar-refractivity contribution in [3.8, 4) is 5.75 Å². The van der Waals surface area contributed by atoms with Crippen LogP contribution in [0.25, 0.3) is 0 Å². The molecule has 1 fully saturated rings. The first kappa shape index (κ1) is 15.0. The third-order valence-corrected chi connectivity index (χ3v) is 3.97. The molecule has 2 unspecified atom stereocenters. The summed E-state index contributed by atoms with van der Waals surface area (Å²) in [4.78, 5) is 0. The molecular weight excluding hydrogens is 250 g/mol. The molecule has 1 aliphatic heterocycles. The average molecular weight is 277 g/mol. The molecule has 3 N–H and O–H groups in total. The number of anilines is 2. The standard InChI is InChI=1S/C16H27N3O/c1-4-11-20-15-10-6-9-14(16(15)17)18-19-12(2)7-5-8-13(19)3/h6,9-10,12-13,18H,4-5,7-8,11,17H2,1-3H3. The third-order valence-electron chi connectivity index (χ3n) is 3.97. The zero-order valence-corrected chi connectivity index (χ0v) is 12.9. The number of ether oxygens (including phenoxy) is 1. The van der Waals surface area contributed by atoms with Crippen molar-refractivity contribution in [1.29, 1.82) is 0 Å². The van der Waals surface area contributed by atoms with Gasteiger partial charge in [0.15, 0.2) is 0 Å². The van der Waals surface area contributed by atoms with E-state index in [0.29, 0.717) is 24.4 Å². The summed E-state index contributed by atoms with van der Waals surface area (Å²) < 4.78 is 5.69. The van der Waals surface area contributed by atoms with E-state index in [2.05, 4.69) is 31.2 Å². The minimum Gasteiger partial charge on any atom is -0.491 e. The SMILES string of the molecule is CCCOc1cccc(NN2C(C)CCCC2C)c1N. The molecule has 1 aliphatic rings. The third kappa shape index (κ3) is 3.37. The fraction of sp³-hybridized carbons (Fsp3) is 0.625. The Morgan fingerprint density at radius 2 is 2.00 bits per heavy atom. The Labute approximate surface area is 122 Å². The van der Waals surface area contributed by atoms with Crippen LogP contribution in [-0.2, 0) is 0 Å². The molecule has 112 valence electrons. The predicted molar refractivity (Wildman–Crippen MR) is 84.9 cm³/mol. The minimum atomic E-state index is 0.526. The van der Waals surface area contributed by atoms with Gasteiger partial charge in [-0.15, -0.1) is 0 Å². The van der Waals surface area contributed by atoms with Gasteiger partial charge >= 0.3 is 0 Å². The highest BCUT2D eigenvalue weighted by atomic mass is 16.5. The molecular formula is C16H27N3O. The van der Waals surface area contributed by atoms with Gasteiger partial charge in [-0.3, -0.25) is 0 Å². The lowest BCUT2D eigenvalue weighted by Gasteiger charge is -2.39. The quantitative estimate of drug-likeness (QED) is 0.807. The minimum absolute atomic E-state index is 0.526. The number of nitrogens with one attached hydrogen (secondary N) is 1. The first-order valence-corrected chi connectivity index (χ1v) is 7.69. The van der Waals surface area contributed by atoms with Gasteiger partial charge in [-0.2, -0.15) is 0 Å². The van der Waals surface area contributed by atoms with Crippen LogP contribution < -0.4 is 15.9 Å². The van der Waals surface area contributed by atoms with Crippen molar-refractivity contribution >= 4 is 11.4 Å². The van der Waals surface area contributed by atoms with Gasteiger partial charge in [0.25, 0.3) is 0 Å². The van der Waals surface area contributed by atoms with Crippen LogP contribution in [0.2, 0.25) is 0 Å². The number of rotatable bonds is 5. The Balaban J connectivity index is 2.12. The number of piperidine rings is 1. The first-order valence-electron chi connectivity index (χ1n) is 7.69. The van der Waals surface area contributed by atoms with E-state index < -0.39 is 0 Å². The normalized spacial score (nSPS) is 23.6. The molecule has 1 aromatic rings. The predicted octanol–water partition coefficient (Wildman–Crippen LogP) is 3.65. The van der Waals surface area contributed by atoms with Gasteiger partial charge in [-0.05, 0) is 45.2 Å². The number of hydrogen-bond donors (Lipinski definition) is 2. The molecule has 2 atom stereocenters. The van der Waals surface area contributed by atoms with Gasteiger partial charge in [0.2, 0.25) is 0 Å². The number of hydrogen-bond acceptors (Lipinski definition) is 4. The Morgan fingerprint density at radius 3 is 2.65 bits per heavy atom. The van der Waals surface area contributed by atoms with Gasteiger partial charge < -0.3 is 15.9 Å². The van der Waals surface area contributed by atoms with Crippen LogP contribution in [0.5, 0.6) is 5.75 Å². The maximum absolute atomic E-state index is 6.22. The number of nitrogen functional groups attached to an aromatic ring is 1. The van der Waals surface area contributed by atoms with Crippen molar-refractivity contribution < 1.29 is 4.74 Å².